The van der Waals surface area contributed by atoms with Crippen LogP contribution in [0.5, 0.6) is 0 Å². The second-order valence-corrected chi connectivity index (χ2v) is 8.81. The minimum Gasteiger partial charge on any atom is -0.443 e. The van der Waals surface area contributed by atoms with E-state index < -0.39 is 21.7 Å². The molecular weight excluding hydrogens is 392 g/mol. The highest BCUT2D eigenvalue weighted by Crippen LogP contribution is 2.25. The molecule has 0 bridgehead atoms. The fraction of sp³-hybridized carbons (Fsp3) is 0.353. The number of amides is 1. The van der Waals surface area contributed by atoms with Crippen molar-refractivity contribution in [1.29, 1.82) is 0 Å². The average Bonchev–Trinajstić information content (AvgIpc) is 2.52. The van der Waals surface area contributed by atoms with Crippen molar-refractivity contribution in [2.75, 3.05) is 16.7 Å². The summed E-state index contributed by atoms with van der Waals surface area (Å²) in [5.41, 5.74) is 0.173. The molecule has 1 amide bonds. The molecule has 0 spiro atoms. The van der Waals surface area contributed by atoms with Crippen LogP contribution in [-0.4, -0.2) is 37.1 Å². The number of pyridine rings is 2. The van der Waals surface area contributed by atoms with Crippen LogP contribution < -0.4 is 9.62 Å². The van der Waals surface area contributed by atoms with Gasteiger partial charge in [-0.1, -0.05) is 11.6 Å². The lowest BCUT2D eigenvalue weighted by atomic mass is 10.2. The number of hydrogen-bond acceptors (Lipinski definition) is 6. The summed E-state index contributed by atoms with van der Waals surface area (Å²) < 4.78 is 32.6. The van der Waals surface area contributed by atoms with Gasteiger partial charge in [-0.3, -0.25) is 9.62 Å². The number of carbonyl (C=O) groups is 1. The molecule has 0 fully saturated rings. The van der Waals surface area contributed by atoms with Crippen molar-refractivity contribution in [3.63, 3.8) is 0 Å². The zero-order valence-electron chi connectivity index (χ0n) is 15.6. The first kappa shape index (κ1) is 20.9. The molecule has 8 nitrogen and oxygen atoms in total. The van der Waals surface area contributed by atoms with Gasteiger partial charge >= 0.3 is 6.09 Å². The lowest BCUT2D eigenvalue weighted by Crippen LogP contribution is -2.35. The van der Waals surface area contributed by atoms with Gasteiger partial charge in [0.2, 0.25) is 0 Å². The third-order valence-corrected chi connectivity index (χ3v) is 5.13. The van der Waals surface area contributed by atoms with Crippen LogP contribution in [-0.2, 0) is 14.8 Å². The molecule has 2 aromatic rings. The fourth-order valence-electron chi connectivity index (χ4n) is 2.17. The molecule has 0 radical (unpaired) electrons. The SMILES string of the molecule is Cc1cc(NS(=O)(=O)c2cccnc2Cl)cnc1N(C)C(=O)OC(C)(C)C. The van der Waals surface area contributed by atoms with Crippen LogP contribution in [0.3, 0.4) is 0 Å². The van der Waals surface area contributed by atoms with Gasteiger partial charge in [-0.15, -0.1) is 0 Å². The summed E-state index contributed by atoms with van der Waals surface area (Å²) in [7, 11) is -2.39. The predicted octanol–water partition coefficient (Wildman–Crippen LogP) is 3.61. The van der Waals surface area contributed by atoms with Crippen LogP contribution in [0, 0.1) is 6.92 Å². The number of nitrogens with zero attached hydrogens (tertiary/aromatic N) is 3. The molecule has 0 aliphatic rings. The van der Waals surface area contributed by atoms with Crippen LogP contribution in [0.15, 0.2) is 35.5 Å². The summed E-state index contributed by atoms with van der Waals surface area (Å²) in [6.45, 7) is 7.00. The van der Waals surface area contributed by atoms with Crippen molar-refractivity contribution >= 4 is 39.2 Å². The third-order valence-electron chi connectivity index (χ3n) is 3.30. The first-order valence-electron chi connectivity index (χ1n) is 7.97. The van der Waals surface area contributed by atoms with Crippen molar-refractivity contribution < 1.29 is 17.9 Å². The molecule has 0 saturated carbocycles. The zero-order chi connectivity index (χ0) is 20.4. The minimum absolute atomic E-state index is 0.129. The maximum atomic E-state index is 12.5. The number of hydrogen-bond donors (Lipinski definition) is 1. The van der Waals surface area contributed by atoms with E-state index in [9.17, 15) is 13.2 Å². The average molecular weight is 413 g/mol. The summed E-state index contributed by atoms with van der Waals surface area (Å²) in [6, 6.07) is 4.39. The van der Waals surface area contributed by atoms with Crippen LogP contribution >= 0.6 is 11.6 Å². The number of carbonyl (C=O) groups excluding carboxylic acids is 1. The van der Waals surface area contributed by atoms with E-state index in [0.29, 0.717) is 11.4 Å². The number of sulfonamides is 1. The molecule has 0 atom stereocenters. The molecule has 2 rings (SSSR count). The first-order chi connectivity index (χ1) is 12.4. The molecule has 2 aromatic heterocycles. The normalized spacial score (nSPS) is 11.8. The van der Waals surface area contributed by atoms with Crippen molar-refractivity contribution in [3.8, 4) is 0 Å². The van der Waals surface area contributed by atoms with E-state index in [-0.39, 0.29) is 15.7 Å². The topological polar surface area (TPSA) is 101 Å². The van der Waals surface area contributed by atoms with Gasteiger partial charge < -0.3 is 4.74 Å². The van der Waals surface area contributed by atoms with Crippen molar-refractivity contribution in [2.45, 2.75) is 38.2 Å². The van der Waals surface area contributed by atoms with E-state index in [1.165, 1.54) is 36.5 Å². The summed E-state index contributed by atoms with van der Waals surface area (Å²) in [6.07, 6.45) is 2.15. The number of aryl methyl sites for hydroxylation is 1. The Hall–Kier alpha value is -2.39. The van der Waals surface area contributed by atoms with Crippen LogP contribution in [0.2, 0.25) is 5.15 Å². The number of halogens is 1. The largest absolute Gasteiger partial charge is 0.443 e. The van der Waals surface area contributed by atoms with Crippen LogP contribution in [0.1, 0.15) is 26.3 Å². The maximum absolute atomic E-state index is 12.5. The smallest absolute Gasteiger partial charge is 0.415 e. The number of ether oxygens (including phenoxy) is 1. The fourth-order valence-corrected chi connectivity index (χ4v) is 3.66. The molecule has 0 aliphatic heterocycles. The van der Waals surface area contributed by atoms with E-state index in [1.54, 1.807) is 33.8 Å². The Kier molecular flexibility index (Phi) is 5.96. The zero-order valence-corrected chi connectivity index (χ0v) is 17.2. The number of anilines is 2. The Labute approximate surface area is 163 Å². The monoisotopic (exact) mass is 412 g/mol. The molecule has 10 heteroatoms. The number of aromatic nitrogens is 2. The lowest BCUT2D eigenvalue weighted by Gasteiger charge is -2.25. The Morgan fingerprint density at radius 1 is 1.30 bits per heavy atom. The number of rotatable bonds is 4. The van der Waals surface area contributed by atoms with Gasteiger partial charge in [-0.25, -0.2) is 23.2 Å². The number of nitrogens with one attached hydrogen (secondary N) is 1. The van der Waals surface area contributed by atoms with Gasteiger partial charge in [-0.05, 0) is 51.5 Å². The maximum Gasteiger partial charge on any atom is 0.415 e. The van der Waals surface area contributed by atoms with E-state index in [4.69, 9.17) is 16.3 Å². The molecule has 0 unspecified atom stereocenters. The summed E-state index contributed by atoms with van der Waals surface area (Å²) in [4.78, 5) is 21.2. The lowest BCUT2D eigenvalue weighted by molar-refractivity contribution is 0.0588. The van der Waals surface area contributed by atoms with E-state index in [0.717, 1.165) is 0 Å². The molecular formula is C17H21ClN4O4S. The highest BCUT2D eigenvalue weighted by molar-refractivity contribution is 7.92. The second kappa shape index (κ2) is 7.69. The van der Waals surface area contributed by atoms with Crippen LogP contribution in [0.4, 0.5) is 16.3 Å². The molecule has 0 aromatic carbocycles. The molecule has 27 heavy (non-hydrogen) atoms. The highest BCUT2D eigenvalue weighted by Gasteiger charge is 2.23. The van der Waals surface area contributed by atoms with Crippen molar-refractivity contribution in [1.82, 2.24) is 9.97 Å². The van der Waals surface area contributed by atoms with E-state index in [1.807, 2.05) is 0 Å². The standard InChI is InChI=1S/C17H21ClN4O4S/c1-11-9-12(21-27(24,25)13-7-6-8-19-14(13)18)10-20-15(11)22(5)16(23)26-17(2,3)4/h6-10,21H,1-5H3. The van der Waals surface area contributed by atoms with Crippen LogP contribution in [0.25, 0.3) is 0 Å². The molecule has 2 heterocycles. The Morgan fingerprint density at radius 3 is 2.52 bits per heavy atom. The quantitative estimate of drug-likeness (QED) is 0.769. The highest BCUT2D eigenvalue weighted by atomic mass is 35.5. The Morgan fingerprint density at radius 2 is 1.96 bits per heavy atom. The molecule has 1 N–H and O–H groups in total. The van der Waals surface area contributed by atoms with Gasteiger partial charge in [0.25, 0.3) is 10.0 Å². The third kappa shape index (κ3) is 5.30. The van der Waals surface area contributed by atoms with Crippen molar-refractivity contribution in [3.05, 3.63) is 41.3 Å². The summed E-state index contributed by atoms with van der Waals surface area (Å²) in [5.74, 6) is 0.353. The first-order valence-corrected chi connectivity index (χ1v) is 9.83. The summed E-state index contributed by atoms with van der Waals surface area (Å²) in [5, 5.41) is -0.129. The van der Waals surface area contributed by atoms with Gasteiger partial charge in [-0.2, -0.15) is 0 Å². The Balaban J connectivity index is 2.24. The Bertz CT molecular complexity index is 958. The van der Waals surface area contributed by atoms with Gasteiger partial charge in [0.1, 0.15) is 21.5 Å². The summed E-state index contributed by atoms with van der Waals surface area (Å²) >= 11 is 5.86. The van der Waals surface area contributed by atoms with Gasteiger partial charge in [0, 0.05) is 13.2 Å². The molecule has 0 aliphatic carbocycles. The van der Waals surface area contributed by atoms with E-state index >= 15 is 0 Å². The second-order valence-electron chi connectivity index (χ2n) is 6.80. The van der Waals surface area contributed by atoms with E-state index in [2.05, 4.69) is 14.7 Å². The minimum atomic E-state index is -3.92. The van der Waals surface area contributed by atoms with Gasteiger partial charge in [0.15, 0.2) is 0 Å². The molecule has 0 saturated heterocycles. The van der Waals surface area contributed by atoms with Gasteiger partial charge in [0.05, 0.1) is 11.9 Å². The van der Waals surface area contributed by atoms with Crippen molar-refractivity contribution in [2.24, 2.45) is 0 Å². The molecule has 146 valence electrons. The predicted molar refractivity (Wildman–Crippen MR) is 104 cm³/mol.